The van der Waals surface area contributed by atoms with Gasteiger partial charge in [-0.3, -0.25) is 4.79 Å². The standard InChI is InChI=1S/C10H13N3O5.C7H7N3O2.C7H5N3O2.CH4.B.Na.H/c14-4-7(15)9(17)8(16)6-3-11-10(12-6)5-1-2-18-13-5;2*11-4-5-3-8-7(9-5)6-1-2-12-10-6;;;;/h1-3,7-9,14-17H,4H2,(H,11,12);1-3,11H,4H2,(H,8,9);1-4H,(H,8,9);1H4;;;/q;;;;;+1;-1/t7-,8-,9-;;;;;;/m1....../s1. The van der Waals surface area contributed by atoms with Gasteiger partial charge < -0.3 is 55.5 Å². The van der Waals surface area contributed by atoms with Crippen LogP contribution in [0.1, 0.15) is 36.8 Å². The van der Waals surface area contributed by atoms with Gasteiger partial charge in [0, 0.05) is 26.6 Å². The average molecular weight is 634 g/mol. The molecule has 6 rings (SSSR count). The summed E-state index contributed by atoms with van der Waals surface area (Å²) >= 11 is 0. The number of hydrogen-bond acceptors (Lipinski definition) is 15. The molecular weight excluding hydrogens is 604 g/mol. The number of aldehydes is 1. The second-order valence-electron chi connectivity index (χ2n) is 8.25. The van der Waals surface area contributed by atoms with Crippen LogP contribution in [-0.2, 0) is 6.61 Å². The Bertz CT molecular complexity index is 1610. The summed E-state index contributed by atoms with van der Waals surface area (Å²) in [7, 11) is 0. The molecule has 0 aliphatic carbocycles. The van der Waals surface area contributed by atoms with Crippen LogP contribution in [0.15, 0.2) is 69.1 Å². The van der Waals surface area contributed by atoms with E-state index < -0.39 is 24.9 Å². The minimum Gasteiger partial charge on any atom is -1.00 e. The number of hydrogen-bond donors (Lipinski definition) is 8. The van der Waals surface area contributed by atoms with E-state index in [9.17, 15) is 20.1 Å². The van der Waals surface area contributed by atoms with Gasteiger partial charge in [0.05, 0.1) is 48.9 Å². The fourth-order valence-electron chi connectivity index (χ4n) is 3.22. The van der Waals surface area contributed by atoms with Crippen LogP contribution >= 0.6 is 0 Å². The number of nitrogens with one attached hydrogen (secondary N) is 3. The maximum absolute atomic E-state index is 10.3. The van der Waals surface area contributed by atoms with Crippen LogP contribution in [0.3, 0.4) is 0 Å². The first-order chi connectivity index (χ1) is 20.4. The SMILES string of the molecule is C.O=Cc1cnc(-c2ccon2)[nH]1.OC[C@@H](O)[C@@H](O)[C@H](O)c1cnc(-c2ccon2)[nH]1.OCc1cnc(-c2ccon2)[nH]1.[B].[H-].[Na+]. The van der Waals surface area contributed by atoms with Crippen molar-refractivity contribution < 1.29 is 74.9 Å². The minimum absolute atomic E-state index is 0. The number of imidazole rings is 3. The molecule has 0 aromatic carbocycles. The van der Waals surface area contributed by atoms with E-state index in [-0.39, 0.29) is 59.1 Å². The minimum atomic E-state index is -1.51. The number of carbonyl (C=O) groups excluding carboxylic acids is 1. The number of H-pyrrole nitrogens is 3. The average Bonchev–Trinajstić information content (AvgIpc) is 3.87. The Hall–Kier alpha value is -4.21. The quantitative estimate of drug-likeness (QED) is 0.0609. The second-order valence-corrected chi connectivity index (χ2v) is 8.25. The van der Waals surface area contributed by atoms with E-state index in [1.54, 1.807) is 24.4 Å². The Kier molecular flexibility index (Phi) is 16.6. The van der Waals surface area contributed by atoms with E-state index in [0.717, 1.165) is 0 Å². The third kappa shape index (κ3) is 10.4. The van der Waals surface area contributed by atoms with Crippen molar-refractivity contribution in [3.63, 3.8) is 0 Å². The first kappa shape index (κ1) is 38.8. The summed E-state index contributed by atoms with van der Waals surface area (Å²) < 4.78 is 13.9. The van der Waals surface area contributed by atoms with Gasteiger partial charge in [-0.25, -0.2) is 15.0 Å². The summed E-state index contributed by atoms with van der Waals surface area (Å²) in [5.41, 5.74) is 2.96. The predicted molar refractivity (Wildman–Crippen MR) is 151 cm³/mol. The fourth-order valence-corrected chi connectivity index (χ4v) is 3.22. The van der Waals surface area contributed by atoms with Crippen LogP contribution in [-0.4, -0.2) is 104 Å². The molecule has 20 heteroatoms. The zero-order valence-electron chi connectivity index (χ0n) is 24.0. The molecule has 6 heterocycles. The molecule has 18 nitrogen and oxygen atoms in total. The smallest absolute Gasteiger partial charge is 1.00 e. The number of aromatic amines is 3. The largest absolute Gasteiger partial charge is 1.00 e. The van der Waals surface area contributed by atoms with Crippen molar-refractivity contribution in [3.8, 4) is 34.6 Å². The second kappa shape index (κ2) is 19.2. The van der Waals surface area contributed by atoms with Gasteiger partial charge in [-0.05, 0) is 0 Å². The zero-order chi connectivity index (χ0) is 29.9. The molecule has 45 heavy (non-hydrogen) atoms. The van der Waals surface area contributed by atoms with Crippen molar-refractivity contribution >= 4 is 14.7 Å². The van der Waals surface area contributed by atoms with E-state index >= 15 is 0 Å². The van der Waals surface area contributed by atoms with Crippen LogP contribution < -0.4 is 29.6 Å². The third-order valence-corrected chi connectivity index (χ3v) is 5.38. The molecule has 3 radical (unpaired) electrons. The first-order valence-corrected chi connectivity index (χ1v) is 12.0. The summed E-state index contributed by atoms with van der Waals surface area (Å²) in [4.78, 5) is 30.5. The fraction of sp³-hybridized carbons (Fsp3) is 0.240. The molecule has 8 N–H and O–H groups in total. The van der Waals surface area contributed by atoms with Gasteiger partial charge in [-0.1, -0.05) is 22.9 Å². The van der Waals surface area contributed by atoms with Gasteiger partial charge in [-0.2, -0.15) is 0 Å². The monoisotopic (exact) mass is 634 g/mol. The molecule has 6 aromatic heterocycles. The van der Waals surface area contributed by atoms with Crippen molar-refractivity contribution in [2.24, 2.45) is 0 Å². The Morgan fingerprint density at radius 1 is 0.778 bits per heavy atom. The summed E-state index contributed by atoms with van der Waals surface area (Å²) in [6, 6.07) is 4.93. The van der Waals surface area contributed by atoms with Crippen molar-refractivity contribution in [1.82, 2.24) is 45.4 Å². The van der Waals surface area contributed by atoms with Crippen LogP contribution in [0.25, 0.3) is 34.6 Å². The normalized spacial score (nSPS) is 12.0. The molecule has 233 valence electrons. The van der Waals surface area contributed by atoms with Crippen LogP contribution in [0, 0.1) is 0 Å². The molecule has 0 saturated heterocycles. The van der Waals surface area contributed by atoms with E-state index in [2.05, 4.69) is 58.9 Å². The Morgan fingerprint density at radius 3 is 1.69 bits per heavy atom. The zero-order valence-corrected chi connectivity index (χ0v) is 25.0. The van der Waals surface area contributed by atoms with Gasteiger partial charge >= 0.3 is 29.6 Å². The Labute approximate surface area is 280 Å². The number of carbonyl (C=O) groups is 1. The van der Waals surface area contributed by atoms with E-state index in [1.165, 1.54) is 31.2 Å². The van der Waals surface area contributed by atoms with Crippen LogP contribution in [0.4, 0.5) is 0 Å². The van der Waals surface area contributed by atoms with Crippen LogP contribution in [0.5, 0.6) is 0 Å². The van der Waals surface area contributed by atoms with Gasteiger partial charge in [0.1, 0.15) is 54.2 Å². The topological polar surface area (TPSA) is 282 Å². The molecule has 0 amide bonds. The molecule has 3 atom stereocenters. The molecule has 0 bridgehead atoms. The van der Waals surface area contributed by atoms with E-state index in [0.29, 0.717) is 52.2 Å². The molecule has 0 aliphatic rings. The van der Waals surface area contributed by atoms with E-state index in [4.69, 9.17) is 10.2 Å². The van der Waals surface area contributed by atoms with Gasteiger partial charge in [0.25, 0.3) is 0 Å². The van der Waals surface area contributed by atoms with Crippen molar-refractivity contribution in [1.29, 1.82) is 0 Å². The van der Waals surface area contributed by atoms with Crippen LogP contribution in [0.2, 0.25) is 0 Å². The Balaban J connectivity index is 0.000000649. The Morgan fingerprint density at radius 2 is 1.27 bits per heavy atom. The van der Waals surface area contributed by atoms with Crippen molar-refractivity contribution in [3.05, 3.63) is 72.7 Å². The maximum Gasteiger partial charge on any atom is 1.00 e. The number of aliphatic hydroxyl groups excluding tert-OH is 5. The molecule has 0 aliphatic heterocycles. The molecule has 0 saturated carbocycles. The molecule has 6 aromatic rings. The summed E-state index contributed by atoms with van der Waals surface area (Å²) in [6.07, 6.45) is 4.95. The number of nitrogens with zero attached hydrogens (tertiary/aromatic N) is 6. The van der Waals surface area contributed by atoms with Gasteiger partial charge in [0.2, 0.25) is 0 Å². The van der Waals surface area contributed by atoms with Crippen molar-refractivity contribution in [2.45, 2.75) is 32.3 Å². The van der Waals surface area contributed by atoms with Gasteiger partial charge in [0.15, 0.2) is 23.8 Å². The van der Waals surface area contributed by atoms with Crippen molar-refractivity contribution in [2.75, 3.05) is 6.61 Å². The van der Waals surface area contributed by atoms with Gasteiger partial charge in [-0.15, -0.1) is 0 Å². The summed E-state index contributed by atoms with van der Waals surface area (Å²) in [6.45, 7) is -0.701. The molecule has 0 fully saturated rings. The maximum atomic E-state index is 10.3. The number of aliphatic hydroxyl groups is 5. The third-order valence-electron chi connectivity index (χ3n) is 5.38. The molecule has 0 spiro atoms. The number of aromatic nitrogens is 9. The number of rotatable bonds is 9. The summed E-state index contributed by atoms with van der Waals surface area (Å²) in [5, 5.41) is 56.9. The molecule has 0 unspecified atom stereocenters. The first-order valence-electron chi connectivity index (χ1n) is 12.0. The predicted octanol–water partition coefficient (Wildman–Crippen LogP) is -2.38. The summed E-state index contributed by atoms with van der Waals surface area (Å²) in [5.74, 6) is 1.50. The molecular formula is C25H30BN9NaO9. The van der Waals surface area contributed by atoms with E-state index in [1.807, 2.05) is 0 Å².